The van der Waals surface area contributed by atoms with Crippen molar-refractivity contribution in [3.8, 4) is 0 Å². The Labute approximate surface area is 128 Å². The van der Waals surface area contributed by atoms with E-state index < -0.39 is 0 Å². The van der Waals surface area contributed by atoms with Gasteiger partial charge in [-0.2, -0.15) is 5.10 Å². The summed E-state index contributed by atoms with van der Waals surface area (Å²) in [5.41, 5.74) is 0.953. The van der Waals surface area contributed by atoms with Gasteiger partial charge in [-0.3, -0.25) is 9.48 Å². The van der Waals surface area contributed by atoms with E-state index in [9.17, 15) is 4.79 Å². The topological polar surface area (TPSA) is 46.9 Å². The summed E-state index contributed by atoms with van der Waals surface area (Å²) in [5, 5.41) is 7.53. The fourth-order valence-corrected chi connectivity index (χ4v) is 2.21. The molecule has 2 aromatic rings. The summed E-state index contributed by atoms with van der Waals surface area (Å²) in [5.74, 6) is 0.0344. The first-order valence-electron chi connectivity index (χ1n) is 5.42. The summed E-state index contributed by atoms with van der Waals surface area (Å²) in [6, 6.07) is 7.54. The number of carbonyl (C=O) groups excluding carboxylic acids is 1. The third-order valence-electron chi connectivity index (χ3n) is 2.39. The predicted octanol–water partition coefficient (Wildman–Crippen LogP) is 3.52. The summed E-state index contributed by atoms with van der Waals surface area (Å²) >= 11 is 14.9. The van der Waals surface area contributed by atoms with Crippen LogP contribution in [0.4, 0.5) is 5.82 Å². The van der Waals surface area contributed by atoms with Gasteiger partial charge in [0, 0.05) is 11.2 Å². The molecule has 1 N–H and O–H groups in total. The highest BCUT2D eigenvalue weighted by molar-refractivity contribution is 9.10. The third kappa shape index (κ3) is 3.72. The molecule has 7 heteroatoms. The molecule has 4 nitrogen and oxygen atoms in total. The minimum absolute atomic E-state index is 0.107. The molecule has 0 aliphatic carbocycles. The number of rotatable bonds is 4. The standard InChI is InChI=1S/C12H10BrCl2N3O/c13-9-7-18(17-12(9)16-11(19)5-14)6-8-3-1-2-4-10(8)15/h1-4,7H,5-6H2,(H,16,17,19). The normalized spacial score (nSPS) is 10.5. The van der Waals surface area contributed by atoms with Crippen LogP contribution in [0.15, 0.2) is 34.9 Å². The molecule has 0 bridgehead atoms. The van der Waals surface area contributed by atoms with Crippen molar-refractivity contribution in [2.75, 3.05) is 11.2 Å². The Hall–Kier alpha value is -1.04. The lowest BCUT2D eigenvalue weighted by Crippen LogP contribution is -2.13. The first kappa shape index (κ1) is 14.4. The van der Waals surface area contributed by atoms with Crippen molar-refractivity contribution < 1.29 is 4.79 Å². The molecule has 19 heavy (non-hydrogen) atoms. The lowest BCUT2D eigenvalue weighted by molar-refractivity contribution is -0.113. The average molecular weight is 363 g/mol. The van der Waals surface area contributed by atoms with Crippen LogP contribution in [0.3, 0.4) is 0 Å². The fraction of sp³-hybridized carbons (Fsp3) is 0.167. The van der Waals surface area contributed by atoms with Gasteiger partial charge in [0.15, 0.2) is 5.82 Å². The molecule has 1 aromatic heterocycles. The molecule has 1 amide bonds. The summed E-state index contributed by atoms with van der Waals surface area (Å²) in [6.45, 7) is 0.523. The van der Waals surface area contributed by atoms with E-state index in [1.807, 2.05) is 24.3 Å². The molecule has 0 atom stereocenters. The molecule has 0 radical (unpaired) electrons. The summed E-state index contributed by atoms with van der Waals surface area (Å²) in [6.07, 6.45) is 1.77. The summed E-state index contributed by atoms with van der Waals surface area (Å²) < 4.78 is 2.38. The Morgan fingerprint density at radius 2 is 2.16 bits per heavy atom. The highest BCUT2D eigenvalue weighted by Gasteiger charge is 2.10. The highest BCUT2D eigenvalue weighted by atomic mass is 79.9. The number of aromatic nitrogens is 2. The van der Waals surface area contributed by atoms with Gasteiger partial charge in [0.1, 0.15) is 5.88 Å². The van der Waals surface area contributed by atoms with Gasteiger partial charge in [-0.05, 0) is 27.6 Å². The molecule has 0 saturated carbocycles. The Kier molecular flexibility index (Phi) is 4.85. The molecular formula is C12H10BrCl2N3O. The van der Waals surface area contributed by atoms with Crippen molar-refractivity contribution in [1.29, 1.82) is 0 Å². The Bertz CT molecular complexity index is 600. The van der Waals surface area contributed by atoms with Gasteiger partial charge in [0.2, 0.25) is 5.91 Å². The minimum Gasteiger partial charge on any atom is -0.307 e. The first-order valence-corrected chi connectivity index (χ1v) is 7.13. The molecule has 0 aliphatic heterocycles. The largest absolute Gasteiger partial charge is 0.307 e. The zero-order valence-corrected chi connectivity index (χ0v) is 12.8. The van der Waals surface area contributed by atoms with E-state index >= 15 is 0 Å². The second-order valence-electron chi connectivity index (χ2n) is 3.80. The lowest BCUT2D eigenvalue weighted by atomic mass is 10.2. The number of nitrogens with one attached hydrogen (secondary N) is 1. The quantitative estimate of drug-likeness (QED) is 0.846. The monoisotopic (exact) mass is 361 g/mol. The van der Waals surface area contributed by atoms with Crippen LogP contribution in [-0.2, 0) is 11.3 Å². The van der Waals surface area contributed by atoms with E-state index in [4.69, 9.17) is 23.2 Å². The van der Waals surface area contributed by atoms with Crippen molar-refractivity contribution in [2.24, 2.45) is 0 Å². The maximum atomic E-state index is 11.2. The Balaban J connectivity index is 2.16. The molecule has 100 valence electrons. The molecule has 0 saturated heterocycles. The molecule has 2 rings (SSSR count). The number of halogens is 3. The molecule has 0 spiro atoms. The number of carbonyl (C=O) groups is 1. The van der Waals surface area contributed by atoms with Crippen molar-refractivity contribution in [1.82, 2.24) is 9.78 Å². The van der Waals surface area contributed by atoms with Crippen LogP contribution >= 0.6 is 39.1 Å². The van der Waals surface area contributed by atoms with Crippen molar-refractivity contribution >= 4 is 50.9 Å². The van der Waals surface area contributed by atoms with Crippen molar-refractivity contribution in [3.63, 3.8) is 0 Å². The number of anilines is 1. The zero-order valence-electron chi connectivity index (χ0n) is 9.74. The van der Waals surface area contributed by atoms with Gasteiger partial charge in [-0.1, -0.05) is 29.8 Å². The van der Waals surface area contributed by atoms with Gasteiger partial charge < -0.3 is 5.32 Å². The number of amides is 1. The van der Waals surface area contributed by atoms with E-state index in [1.54, 1.807) is 10.9 Å². The van der Waals surface area contributed by atoms with Crippen LogP contribution in [0.1, 0.15) is 5.56 Å². The number of hydrogen-bond acceptors (Lipinski definition) is 2. The van der Waals surface area contributed by atoms with Crippen LogP contribution in [-0.4, -0.2) is 21.6 Å². The number of hydrogen-bond donors (Lipinski definition) is 1. The van der Waals surface area contributed by atoms with Crippen LogP contribution in [0, 0.1) is 0 Å². The van der Waals surface area contributed by atoms with Gasteiger partial charge in [0.05, 0.1) is 11.0 Å². The average Bonchev–Trinajstić information content (AvgIpc) is 2.72. The molecule has 0 unspecified atom stereocenters. The van der Waals surface area contributed by atoms with Crippen LogP contribution in [0.25, 0.3) is 0 Å². The number of benzene rings is 1. The number of alkyl halides is 1. The van der Waals surface area contributed by atoms with Gasteiger partial charge in [-0.25, -0.2) is 0 Å². The van der Waals surface area contributed by atoms with E-state index in [0.717, 1.165) is 5.56 Å². The van der Waals surface area contributed by atoms with Crippen LogP contribution in [0.5, 0.6) is 0 Å². The van der Waals surface area contributed by atoms with E-state index in [-0.39, 0.29) is 11.8 Å². The van der Waals surface area contributed by atoms with Gasteiger partial charge in [0.25, 0.3) is 0 Å². The second-order valence-corrected chi connectivity index (χ2v) is 5.33. The lowest BCUT2D eigenvalue weighted by Gasteiger charge is -2.04. The molecule has 1 aromatic carbocycles. The van der Waals surface area contributed by atoms with E-state index in [0.29, 0.717) is 21.9 Å². The van der Waals surface area contributed by atoms with Gasteiger partial charge in [-0.15, -0.1) is 11.6 Å². The number of nitrogens with zero attached hydrogens (tertiary/aromatic N) is 2. The van der Waals surface area contributed by atoms with Gasteiger partial charge >= 0.3 is 0 Å². The summed E-state index contributed by atoms with van der Waals surface area (Å²) in [4.78, 5) is 11.2. The zero-order chi connectivity index (χ0) is 13.8. The SMILES string of the molecule is O=C(CCl)Nc1nn(Cc2ccccc2Cl)cc1Br. The Morgan fingerprint density at radius 1 is 1.42 bits per heavy atom. The maximum absolute atomic E-state index is 11.2. The van der Waals surface area contributed by atoms with E-state index in [1.165, 1.54) is 0 Å². The highest BCUT2D eigenvalue weighted by Crippen LogP contribution is 2.22. The van der Waals surface area contributed by atoms with Crippen molar-refractivity contribution in [3.05, 3.63) is 45.5 Å². The van der Waals surface area contributed by atoms with Crippen LogP contribution in [0.2, 0.25) is 5.02 Å². The second kappa shape index (κ2) is 6.41. The maximum Gasteiger partial charge on any atom is 0.240 e. The Morgan fingerprint density at radius 3 is 2.84 bits per heavy atom. The predicted molar refractivity (Wildman–Crippen MR) is 79.8 cm³/mol. The third-order valence-corrected chi connectivity index (χ3v) is 3.58. The van der Waals surface area contributed by atoms with Crippen molar-refractivity contribution in [2.45, 2.75) is 6.54 Å². The van der Waals surface area contributed by atoms with E-state index in [2.05, 4.69) is 26.3 Å². The smallest absolute Gasteiger partial charge is 0.240 e. The molecule has 0 aliphatic rings. The fourth-order valence-electron chi connectivity index (χ4n) is 1.53. The molecular weight excluding hydrogens is 353 g/mol. The first-order chi connectivity index (χ1) is 9.10. The summed E-state index contributed by atoms with van der Waals surface area (Å²) in [7, 11) is 0. The minimum atomic E-state index is -0.301. The molecule has 0 fully saturated rings. The molecule has 1 heterocycles. The van der Waals surface area contributed by atoms with Crippen LogP contribution < -0.4 is 5.32 Å².